The van der Waals surface area contributed by atoms with Gasteiger partial charge in [-0.3, -0.25) is 9.59 Å². The molecule has 162 valence electrons. The first-order valence-electron chi connectivity index (χ1n) is 9.99. The van der Waals surface area contributed by atoms with Crippen molar-refractivity contribution in [3.63, 3.8) is 0 Å². The maximum Gasteiger partial charge on any atom is 0.243 e. The molecule has 2 rings (SSSR count). The molecule has 2 atom stereocenters. The van der Waals surface area contributed by atoms with Crippen LogP contribution in [0.2, 0.25) is 0 Å². The molecule has 2 N–H and O–H groups in total. The molecule has 29 heavy (non-hydrogen) atoms. The van der Waals surface area contributed by atoms with Gasteiger partial charge in [-0.2, -0.15) is 0 Å². The normalized spacial score (nSPS) is 17.7. The van der Waals surface area contributed by atoms with Gasteiger partial charge in [-0.1, -0.05) is 19.9 Å². The number of rotatable bonds is 10. The van der Waals surface area contributed by atoms with E-state index in [2.05, 4.69) is 19.2 Å². The van der Waals surface area contributed by atoms with Crippen LogP contribution < -0.4 is 19.7 Å². The molecule has 1 aliphatic heterocycles. The summed E-state index contributed by atoms with van der Waals surface area (Å²) in [5, 5.41) is 2.80. The molecule has 8 heteroatoms. The predicted molar refractivity (Wildman–Crippen MR) is 116 cm³/mol. The number of methoxy groups -OCH3 is 2. The number of likely N-dealkylation sites (N-methyl/N-ethyl adjacent to an activating group) is 1. The fourth-order valence-corrected chi connectivity index (χ4v) is 4.60. The first kappa shape index (κ1) is 23.3. The number of amides is 2. The van der Waals surface area contributed by atoms with Crippen LogP contribution in [0.15, 0.2) is 18.2 Å². The van der Waals surface area contributed by atoms with Gasteiger partial charge in [-0.15, -0.1) is 11.8 Å². The number of hydrogen-bond donors (Lipinski definition) is 2. The van der Waals surface area contributed by atoms with Crippen molar-refractivity contribution in [2.75, 3.05) is 47.2 Å². The van der Waals surface area contributed by atoms with Crippen molar-refractivity contribution in [2.24, 2.45) is 5.92 Å². The summed E-state index contributed by atoms with van der Waals surface area (Å²) < 4.78 is 10.8. The van der Waals surface area contributed by atoms with Gasteiger partial charge in [-0.25, -0.2) is 0 Å². The van der Waals surface area contributed by atoms with Crippen LogP contribution in [0, 0.1) is 5.92 Å². The van der Waals surface area contributed by atoms with Gasteiger partial charge >= 0.3 is 0 Å². The quantitative estimate of drug-likeness (QED) is 0.585. The third kappa shape index (κ3) is 6.02. The monoisotopic (exact) mass is 424 g/mol. The van der Waals surface area contributed by atoms with E-state index in [0.29, 0.717) is 30.2 Å². The van der Waals surface area contributed by atoms with Gasteiger partial charge in [0.25, 0.3) is 0 Å². The molecule has 7 nitrogen and oxygen atoms in total. The summed E-state index contributed by atoms with van der Waals surface area (Å²) in [6.07, 6.45) is 0.622. The van der Waals surface area contributed by atoms with Crippen molar-refractivity contribution in [2.45, 2.75) is 31.7 Å². The number of quaternary nitrogens is 1. The molecule has 1 aromatic carbocycles. The van der Waals surface area contributed by atoms with E-state index in [-0.39, 0.29) is 23.1 Å². The number of carbonyl (C=O) groups excluding carboxylic acids is 2. The first-order valence-corrected chi connectivity index (χ1v) is 11.0. The molecular weight excluding hydrogens is 390 g/mol. The van der Waals surface area contributed by atoms with Crippen LogP contribution in [0.3, 0.4) is 0 Å². The topological polar surface area (TPSA) is 72.3 Å². The van der Waals surface area contributed by atoms with Gasteiger partial charge in [0.2, 0.25) is 11.8 Å². The minimum absolute atomic E-state index is 0.00572. The van der Waals surface area contributed by atoms with Crippen LogP contribution in [0.5, 0.6) is 11.5 Å². The minimum atomic E-state index is -0.493. The summed E-state index contributed by atoms with van der Waals surface area (Å²) in [5.41, 5.74) is 0.929. The average Bonchev–Trinajstić information content (AvgIpc) is 3.06. The van der Waals surface area contributed by atoms with E-state index < -0.39 is 6.04 Å². The molecule has 1 saturated heterocycles. The SMILES string of the molecule is COc1ccc([C@@H]2SCC(=O)N2[C@H](CC(C)C)C(=O)NCC[NH+](C)C)cc1OC. The van der Waals surface area contributed by atoms with Crippen LogP contribution in [0.4, 0.5) is 0 Å². The summed E-state index contributed by atoms with van der Waals surface area (Å²) in [7, 11) is 7.28. The van der Waals surface area contributed by atoms with E-state index in [1.807, 2.05) is 32.3 Å². The lowest BCUT2D eigenvalue weighted by atomic mass is 10.0. The van der Waals surface area contributed by atoms with Gasteiger partial charge in [-0.05, 0) is 30.0 Å². The Morgan fingerprint density at radius 2 is 1.97 bits per heavy atom. The van der Waals surface area contributed by atoms with Crippen molar-refractivity contribution < 1.29 is 24.0 Å². The Bertz CT molecular complexity index is 711. The molecule has 0 bridgehead atoms. The highest BCUT2D eigenvalue weighted by Gasteiger charge is 2.41. The largest absolute Gasteiger partial charge is 0.493 e. The van der Waals surface area contributed by atoms with Crippen LogP contribution in [-0.2, 0) is 9.59 Å². The third-order valence-electron chi connectivity index (χ3n) is 4.86. The fourth-order valence-electron chi connectivity index (χ4n) is 3.38. The summed E-state index contributed by atoms with van der Waals surface area (Å²) >= 11 is 1.54. The average molecular weight is 425 g/mol. The van der Waals surface area contributed by atoms with Gasteiger partial charge < -0.3 is 24.6 Å². The Hall–Kier alpha value is -1.93. The minimum Gasteiger partial charge on any atom is -0.493 e. The summed E-state index contributed by atoms with van der Waals surface area (Å²) in [6, 6.07) is 5.17. The maximum absolute atomic E-state index is 13.0. The number of benzene rings is 1. The van der Waals surface area contributed by atoms with Crippen molar-refractivity contribution in [3.05, 3.63) is 23.8 Å². The van der Waals surface area contributed by atoms with E-state index in [0.717, 1.165) is 12.1 Å². The van der Waals surface area contributed by atoms with Crippen molar-refractivity contribution in [1.29, 1.82) is 0 Å². The Kier molecular flexibility index (Phi) is 8.64. The standard InChI is InChI=1S/C21H33N3O4S/c1-14(2)11-16(20(26)22-9-10-23(3)4)24-19(25)13-29-21(24)15-7-8-17(27-5)18(12-15)28-6/h7-8,12,14,16,21H,9-11,13H2,1-6H3,(H,22,26)/p+1/t16-,21+/m1/s1. The molecule has 2 amide bonds. The zero-order valence-corrected chi connectivity index (χ0v) is 19.1. The molecule has 0 aromatic heterocycles. The fraction of sp³-hybridized carbons (Fsp3) is 0.619. The lowest BCUT2D eigenvalue weighted by Gasteiger charge is -2.33. The lowest BCUT2D eigenvalue weighted by Crippen LogP contribution is -3.06. The van der Waals surface area contributed by atoms with Gasteiger partial charge in [0, 0.05) is 0 Å². The highest BCUT2D eigenvalue weighted by Crippen LogP contribution is 2.43. The zero-order chi connectivity index (χ0) is 21.6. The zero-order valence-electron chi connectivity index (χ0n) is 18.3. The highest BCUT2D eigenvalue weighted by atomic mass is 32.2. The Labute approximate surface area is 178 Å². The molecule has 1 fully saturated rings. The van der Waals surface area contributed by atoms with E-state index >= 15 is 0 Å². The van der Waals surface area contributed by atoms with Gasteiger partial charge in [0.15, 0.2) is 11.5 Å². The molecule has 0 radical (unpaired) electrons. The molecule has 0 aliphatic carbocycles. The smallest absolute Gasteiger partial charge is 0.243 e. The third-order valence-corrected chi connectivity index (χ3v) is 6.08. The van der Waals surface area contributed by atoms with E-state index in [4.69, 9.17) is 9.47 Å². The van der Waals surface area contributed by atoms with E-state index in [1.165, 1.54) is 4.90 Å². The van der Waals surface area contributed by atoms with E-state index in [9.17, 15) is 9.59 Å². The maximum atomic E-state index is 13.0. The lowest BCUT2D eigenvalue weighted by molar-refractivity contribution is -0.856. The molecule has 0 unspecified atom stereocenters. The van der Waals surface area contributed by atoms with Crippen LogP contribution in [-0.4, -0.2) is 69.9 Å². The van der Waals surface area contributed by atoms with Crippen molar-refractivity contribution >= 4 is 23.6 Å². The number of carbonyl (C=O) groups is 2. The Balaban J connectivity index is 2.29. The first-order chi connectivity index (χ1) is 13.8. The van der Waals surface area contributed by atoms with Crippen molar-refractivity contribution in [1.82, 2.24) is 10.2 Å². The number of thioether (sulfide) groups is 1. The summed E-state index contributed by atoms with van der Waals surface area (Å²) in [4.78, 5) is 28.9. The second-order valence-electron chi connectivity index (χ2n) is 7.97. The Morgan fingerprint density at radius 1 is 1.28 bits per heavy atom. The van der Waals surface area contributed by atoms with Crippen LogP contribution in [0.1, 0.15) is 31.2 Å². The Morgan fingerprint density at radius 3 is 2.55 bits per heavy atom. The van der Waals surface area contributed by atoms with Crippen LogP contribution in [0.25, 0.3) is 0 Å². The molecular formula is C21H34N3O4S+. The molecule has 1 heterocycles. The summed E-state index contributed by atoms with van der Waals surface area (Å²) in [5.74, 6) is 1.82. The van der Waals surface area contributed by atoms with Gasteiger partial charge in [0.05, 0.1) is 47.2 Å². The molecule has 0 spiro atoms. The predicted octanol–water partition coefficient (Wildman–Crippen LogP) is 0.953. The summed E-state index contributed by atoms with van der Waals surface area (Å²) in [6.45, 7) is 5.57. The van der Waals surface area contributed by atoms with Gasteiger partial charge in [0.1, 0.15) is 11.4 Å². The van der Waals surface area contributed by atoms with E-state index in [1.54, 1.807) is 30.9 Å². The number of nitrogens with one attached hydrogen (secondary N) is 2. The number of hydrogen-bond acceptors (Lipinski definition) is 5. The highest BCUT2D eigenvalue weighted by molar-refractivity contribution is 8.00. The second-order valence-corrected chi connectivity index (χ2v) is 9.04. The molecule has 1 aromatic rings. The van der Waals surface area contributed by atoms with Crippen LogP contribution >= 0.6 is 11.8 Å². The molecule has 1 aliphatic rings. The number of ether oxygens (including phenoxy) is 2. The molecule has 0 saturated carbocycles. The van der Waals surface area contributed by atoms with Crippen molar-refractivity contribution in [3.8, 4) is 11.5 Å². The second kappa shape index (κ2) is 10.7. The number of nitrogens with zero attached hydrogens (tertiary/aromatic N) is 1.